The highest BCUT2D eigenvalue weighted by Crippen LogP contribution is 2.16. The zero-order valence-electron chi connectivity index (χ0n) is 10.8. The van der Waals surface area contributed by atoms with E-state index >= 15 is 0 Å². The fraction of sp³-hybridized carbons (Fsp3) is 0.250. The first kappa shape index (κ1) is 13.5. The summed E-state index contributed by atoms with van der Waals surface area (Å²) in [6, 6.07) is 11.5. The fourth-order valence-corrected chi connectivity index (χ4v) is 1.82. The SMILES string of the molecule is Cc1ccc(OCCCc2ccccc2F)cc1F. The van der Waals surface area contributed by atoms with Gasteiger partial charge in [0.1, 0.15) is 17.4 Å². The first-order chi connectivity index (χ1) is 9.16. The summed E-state index contributed by atoms with van der Waals surface area (Å²) in [6.07, 6.45) is 1.30. The van der Waals surface area contributed by atoms with Gasteiger partial charge in [0.25, 0.3) is 0 Å². The second kappa shape index (κ2) is 6.32. The first-order valence-electron chi connectivity index (χ1n) is 6.29. The summed E-state index contributed by atoms with van der Waals surface area (Å²) < 4.78 is 32.1. The molecule has 1 nitrogen and oxygen atoms in total. The zero-order valence-corrected chi connectivity index (χ0v) is 10.8. The molecular weight excluding hydrogens is 246 g/mol. The average molecular weight is 262 g/mol. The predicted molar refractivity (Wildman–Crippen MR) is 71.4 cm³/mol. The Labute approximate surface area is 111 Å². The number of benzene rings is 2. The minimum Gasteiger partial charge on any atom is -0.493 e. The van der Waals surface area contributed by atoms with Crippen molar-refractivity contribution in [1.29, 1.82) is 0 Å². The van der Waals surface area contributed by atoms with Crippen molar-refractivity contribution in [2.75, 3.05) is 6.61 Å². The maximum atomic E-state index is 13.3. The van der Waals surface area contributed by atoms with Gasteiger partial charge in [-0.05, 0) is 43.0 Å². The monoisotopic (exact) mass is 262 g/mol. The molecule has 0 saturated heterocycles. The number of hydrogen-bond donors (Lipinski definition) is 0. The number of halogens is 2. The Hall–Kier alpha value is -1.90. The van der Waals surface area contributed by atoms with Crippen LogP contribution in [0.5, 0.6) is 5.75 Å². The molecule has 0 fully saturated rings. The Balaban J connectivity index is 1.81. The van der Waals surface area contributed by atoms with Crippen LogP contribution in [0.2, 0.25) is 0 Å². The lowest BCUT2D eigenvalue weighted by molar-refractivity contribution is 0.308. The molecule has 2 rings (SSSR count). The third kappa shape index (κ3) is 3.78. The molecular formula is C16H16F2O. The van der Waals surface area contributed by atoms with Crippen LogP contribution in [0, 0.1) is 18.6 Å². The van der Waals surface area contributed by atoms with Gasteiger partial charge in [-0.1, -0.05) is 24.3 Å². The van der Waals surface area contributed by atoms with Crippen LogP contribution in [0.3, 0.4) is 0 Å². The number of ether oxygens (including phenoxy) is 1. The van der Waals surface area contributed by atoms with Crippen LogP contribution in [0.1, 0.15) is 17.5 Å². The van der Waals surface area contributed by atoms with Crippen LogP contribution in [0.25, 0.3) is 0 Å². The van der Waals surface area contributed by atoms with E-state index in [0.29, 0.717) is 36.3 Å². The van der Waals surface area contributed by atoms with E-state index in [0.717, 1.165) is 0 Å². The van der Waals surface area contributed by atoms with Gasteiger partial charge < -0.3 is 4.74 Å². The summed E-state index contributed by atoms with van der Waals surface area (Å²) in [5.41, 5.74) is 1.28. The number of aryl methyl sites for hydroxylation is 2. The Morgan fingerprint density at radius 3 is 2.53 bits per heavy atom. The van der Waals surface area contributed by atoms with Gasteiger partial charge in [0.15, 0.2) is 0 Å². The zero-order chi connectivity index (χ0) is 13.7. The molecule has 0 aliphatic carbocycles. The van der Waals surface area contributed by atoms with Crippen LogP contribution in [-0.4, -0.2) is 6.61 Å². The average Bonchev–Trinajstić information content (AvgIpc) is 2.40. The second-order valence-corrected chi connectivity index (χ2v) is 4.45. The highest BCUT2D eigenvalue weighted by molar-refractivity contribution is 5.28. The summed E-state index contributed by atoms with van der Waals surface area (Å²) in [5.74, 6) is 0.0483. The molecule has 2 aromatic rings. The van der Waals surface area contributed by atoms with Gasteiger partial charge in [0.05, 0.1) is 6.61 Å². The summed E-state index contributed by atoms with van der Waals surface area (Å²) in [6.45, 7) is 2.15. The topological polar surface area (TPSA) is 9.23 Å². The number of rotatable bonds is 5. The lowest BCUT2D eigenvalue weighted by atomic mass is 10.1. The molecule has 0 unspecified atom stereocenters. The van der Waals surface area contributed by atoms with Crippen molar-refractivity contribution in [2.45, 2.75) is 19.8 Å². The van der Waals surface area contributed by atoms with Gasteiger partial charge >= 0.3 is 0 Å². The minimum absolute atomic E-state index is 0.191. The van der Waals surface area contributed by atoms with E-state index in [9.17, 15) is 8.78 Å². The molecule has 0 saturated carbocycles. The third-order valence-corrected chi connectivity index (χ3v) is 2.96. The third-order valence-electron chi connectivity index (χ3n) is 2.96. The quantitative estimate of drug-likeness (QED) is 0.730. The largest absolute Gasteiger partial charge is 0.493 e. The van der Waals surface area contributed by atoms with Gasteiger partial charge in [0.2, 0.25) is 0 Å². The fourth-order valence-electron chi connectivity index (χ4n) is 1.82. The van der Waals surface area contributed by atoms with E-state index in [2.05, 4.69) is 0 Å². The Bertz CT molecular complexity index is 552. The minimum atomic E-state index is -0.272. The van der Waals surface area contributed by atoms with Gasteiger partial charge in [-0.2, -0.15) is 0 Å². The Morgan fingerprint density at radius 1 is 1.00 bits per heavy atom. The van der Waals surface area contributed by atoms with Crippen molar-refractivity contribution in [3.05, 3.63) is 65.2 Å². The maximum absolute atomic E-state index is 13.3. The van der Waals surface area contributed by atoms with E-state index < -0.39 is 0 Å². The van der Waals surface area contributed by atoms with Gasteiger partial charge in [-0.3, -0.25) is 0 Å². The van der Waals surface area contributed by atoms with Crippen LogP contribution >= 0.6 is 0 Å². The summed E-state index contributed by atoms with van der Waals surface area (Å²) in [7, 11) is 0. The molecule has 19 heavy (non-hydrogen) atoms. The first-order valence-corrected chi connectivity index (χ1v) is 6.29. The second-order valence-electron chi connectivity index (χ2n) is 4.45. The highest BCUT2D eigenvalue weighted by Gasteiger charge is 2.02. The molecule has 0 N–H and O–H groups in total. The van der Waals surface area contributed by atoms with Crippen LogP contribution in [0.15, 0.2) is 42.5 Å². The summed E-state index contributed by atoms with van der Waals surface area (Å²) in [5, 5.41) is 0. The molecule has 0 heterocycles. The lowest BCUT2D eigenvalue weighted by Gasteiger charge is -2.07. The van der Waals surface area contributed by atoms with Crippen LogP contribution < -0.4 is 4.74 Å². The van der Waals surface area contributed by atoms with Gasteiger partial charge in [0, 0.05) is 6.07 Å². The summed E-state index contributed by atoms with van der Waals surface area (Å²) in [4.78, 5) is 0. The molecule has 0 spiro atoms. The highest BCUT2D eigenvalue weighted by atomic mass is 19.1. The van der Waals surface area contributed by atoms with Crippen molar-refractivity contribution in [2.24, 2.45) is 0 Å². The van der Waals surface area contributed by atoms with E-state index in [1.807, 2.05) is 6.07 Å². The van der Waals surface area contributed by atoms with E-state index in [1.54, 1.807) is 31.2 Å². The Kier molecular flexibility index (Phi) is 4.50. The molecule has 0 radical (unpaired) electrons. The van der Waals surface area contributed by atoms with Crippen molar-refractivity contribution >= 4 is 0 Å². The number of hydrogen-bond acceptors (Lipinski definition) is 1. The molecule has 0 aromatic heterocycles. The van der Waals surface area contributed by atoms with Crippen LogP contribution in [-0.2, 0) is 6.42 Å². The predicted octanol–water partition coefficient (Wildman–Crippen LogP) is 4.28. The van der Waals surface area contributed by atoms with E-state index in [-0.39, 0.29) is 11.6 Å². The molecule has 3 heteroatoms. The van der Waals surface area contributed by atoms with Crippen molar-refractivity contribution in [3.8, 4) is 5.75 Å². The van der Waals surface area contributed by atoms with E-state index in [1.165, 1.54) is 12.1 Å². The molecule has 0 atom stereocenters. The molecule has 0 aliphatic rings. The standard InChI is InChI=1S/C16H16F2O/c1-12-8-9-14(11-16(12)18)19-10-4-6-13-5-2-3-7-15(13)17/h2-3,5,7-9,11H,4,6,10H2,1H3. The molecule has 0 amide bonds. The van der Waals surface area contributed by atoms with Crippen molar-refractivity contribution in [1.82, 2.24) is 0 Å². The van der Waals surface area contributed by atoms with Crippen molar-refractivity contribution in [3.63, 3.8) is 0 Å². The smallest absolute Gasteiger partial charge is 0.129 e. The van der Waals surface area contributed by atoms with Gasteiger partial charge in [-0.15, -0.1) is 0 Å². The molecule has 0 bridgehead atoms. The molecule has 2 aromatic carbocycles. The molecule has 0 aliphatic heterocycles. The lowest BCUT2D eigenvalue weighted by Crippen LogP contribution is -2.01. The summed E-state index contributed by atoms with van der Waals surface area (Å²) >= 11 is 0. The van der Waals surface area contributed by atoms with Gasteiger partial charge in [-0.25, -0.2) is 8.78 Å². The van der Waals surface area contributed by atoms with E-state index in [4.69, 9.17) is 4.74 Å². The molecule has 100 valence electrons. The normalized spacial score (nSPS) is 10.5. The van der Waals surface area contributed by atoms with Crippen LogP contribution in [0.4, 0.5) is 8.78 Å². The Morgan fingerprint density at radius 2 is 1.79 bits per heavy atom. The maximum Gasteiger partial charge on any atom is 0.129 e. The van der Waals surface area contributed by atoms with Crippen molar-refractivity contribution < 1.29 is 13.5 Å².